The van der Waals surface area contributed by atoms with E-state index in [1.54, 1.807) is 28.8 Å². The third-order valence-corrected chi connectivity index (χ3v) is 6.02. The Morgan fingerprint density at radius 3 is 2.82 bits per heavy atom. The summed E-state index contributed by atoms with van der Waals surface area (Å²) in [7, 11) is -3.49. The fraction of sp³-hybridized carbons (Fsp3) is 0.400. The Morgan fingerprint density at radius 1 is 1.32 bits per heavy atom. The zero-order chi connectivity index (χ0) is 15.0. The molecule has 1 fully saturated rings. The van der Waals surface area contributed by atoms with Crippen molar-refractivity contribution in [2.24, 2.45) is 0 Å². The van der Waals surface area contributed by atoms with Crippen molar-refractivity contribution >= 4 is 33.2 Å². The Labute approximate surface area is 137 Å². The SMILES string of the molecule is Cc1cncc2cccc(S(=O)(=O)N3CCNC[C@@H]3C)c12.Cl. The fourth-order valence-corrected chi connectivity index (χ4v) is 4.81. The minimum Gasteiger partial charge on any atom is -0.314 e. The van der Waals surface area contributed by atoms with E-state index in [1.165, 1.54) is 0 Å². The number of fused-ring (bicyclic) bond motifs is 1. The first-order valence-electron chi connectivity index (χ1n) is 7.07. The summed E-state index contributed by atoms with van der Waals surface area (Å²) in [6.07, 6.45) is 3.42. The van der Waals surface area contributed by atoms with Gasteiger partial charge in [0.25, 0.3) is 0 Å². The van der Waals surface area contributed by atoms with E-state index in [0.717, 1.165) is 16.3 Å². The van der Waals surface area contributed by atoms with E-state index in [9.17, 15) is 8.42 Å². The van der Waals surface area contributed by atoms with Gasteiger partial charge in [-0.2, -0.15) is 4.31 Å². The number of aryl methyl sites for hydroxylation is 1. The van der Waals surface area contributed by atoms with Crippen LogP contribution in [-0.4, -0.2) is 43.4 Å². The second kappa shape index (κ2) is 6.50. The van der Waals surface area contributed by atoms with Crippen LogP contribution < -0.4 is 5.32 Å². The molecule has 1 aliphatic rings. The van der Waals surface area contributed by atoms with Crippen molar-refractivity contribution in [3.05, 3.63) is 36.2 Å². The molecule has 5 nitrogen and oxygen atoms in total. The van der Waals surface area contributed by atoms with Crippen LogP contribution in [0.4, 0.5) is 0 Å². The number of hydrogen-bond donors (Lipinski definition) is 1. The molecule has 1 saturated heterocycles. The Hall–Kier alpha value is -1.21. The fourth-order valence-electron chi connectivity index (χ4n) is 2.89. The van der Waals surface area contributed by atoms with Gasteiger partial charge in [-0.25, -0.2) is 8.42 Å². The summed E-state index contributed by atoms with van der Waals surface area (Å²) in [6, 6.07) is 5.33. The first-order valence-corrected chi connectivity index (χ1v) is 8.51. The summed E-state index contributed by atoms with van der Waals surface area (Å²) in [5, 5.41) is 4.86. The van der Waals surface area contributed by atoms with E-state index in [1.807, 2.05) is 19.9 Å². The van der Waals surface area contributed by atoms with Gasteiger partial charge in [0, 0.05) is 48.8 Å². The molecule has 0 aliphatic carbocycles. The summed E-state index contributed by atoms with van der Waals surface area (Å²) >= 11 is 0. The van der Waals surface area contributed by atoms with Crippen molar-refractivity contribution < 1.29 is 8.42 Å². The third kappa shape index (κ3) is 2.84. The maximum Gasteiger partial charge on any atom is 0.244 e. The first-order chi connectivity index (χ1) is 10.0. The molecule has 1 N–H and O–H groups in total. The van der Waals surface area contributed by atoms with E-state index >= 15 is 0 Å². The molecule has 1 aliphatic heterocycles. The average molecular weight is 342 g/mol. The molecule has 120 valence electrons. The summed E-state index contributed by atoms with van der Waals surface area (Å²) < 4.78 is 27.7. The smallest absolute Gasteiger partial charge is 0.244 e. The monoisotopic (exact) mass is 341 g/mol. The molecular formula is C15H20ClN3O2S. The molecule has 0 bridgehead atoms. The number of piperazine rings is 1. The Balaban J connectivity index is 0.00000176. The van der Waals surface area contributed by atoms with Crippen LogP contribution in [0.1, 0.15) is 12.5 Å². The summed E-state index contributed by atoms with van der Waals surface area (Å²) in [5.74, 6) is 0. The Morgan fingerprint density at radius 2 is 2.09 bits per heavy atom. The normalized spacial score (nSPS) is 19.8. The highest BCUT2D eigenvalue weighted by molar-refractivity contribution is 7.89. The van der Waals surface area contributed by atoms with Crippen LogP contribution in [0.5, 0.6) is 0 Å². The van der Waals surface area contributed by atoms with Gasteiger partial charge < -0.3 is 5.32 Å². The molecule has 0 radical (unpaired) electrons. The molecule has 7 heteroatoms. The number of hydrogen-bond acceptors (Lipinski definition) is 4. The first kappa shape index (κ1) is 17.1. The van der Waals surface area contributed by atoms with Gasteiger partial charge >= 0.3 is 0 Å². The lowest BCUT2D eigenvalue weighted by molar-refractivity contribution is 0.284. The van der Waals surface area contributed by atoms with E-state index in [-0.39, 0.29) is 18.4 Å². The lowest BCUT2D eigenvalue weighted by Gasteiger charge is -2.33. The van der Waals surface area contributed by atoms with Crippen molar-refractivity contribution in [1.82, 2.24) is 14.6 Å². The van der Waals surface area contributed by atoms with Crippen molar-refractivity contribution in [3.8, 4) is 0 Å². The number of nitrogens with one attached hydrogen (secondary N) is 1. The van der Waals surface area contributed by atoms with Gasteiger partial charge in [0.2, 0.25) is 10.0 Å². The summed E-state index contributed by atoms with van der Waals surface area (Å²) in [4.78, 5) is 4.53. The molecule has 1 atom stereocenters. The highest BCUT2D eigenvalue weighted by Crippen LogP contribution is 2.28. The molecule has 22 heavy (non-hydrogen) atoms. The third-order valence-electron chi connectivity index (χ3n) is 3.96. The van der Waals surface area contributed by atoms with Crippen molar-refractivity contribution in [2.45, 2.75) is 24.8 Å². The predicted molar refractivity (Wildman–Crippen MR) is 90.0 cm³/mol. The summed E-state index contributed by atoms with van der Waals surface area (Å²) in [5.41, 5.74) is 0.884. The molecule has 0 amide bonds. The molecule has 1 aromatic heterocycles. The molecule has 2 aromatic rings. The Kier molecular flexibility index (Phi) is 5.07. The molecule has 0 spiro atoms. The van der Waals surface area contributed by atoms with E-state index in [4.69, 9.17) is 0 Å². The molecule has 1 aromatic carbocycles. The van der Waals surface area contributed by atoms with Crippen molar-refractivity contribution in [2.75, 3.05) is 19.6 Å². The van der Waals surface area contributed by atoms with Gasteiger partial charge in [0.15, 0.2) is 0 Å². The lowest BCUT2D eigenvalue weighted by atomic mass is 10.1. The number of sulfonamides is 1. The minimum absolute atomic E-state index is 0. The van der Waals surface area contributed by atoms with Crippen LogP contribution >= 0.6 is 12.4 Å². The van der Waals surface area contributed by atoms with Gasteiger partial charge in [0.05, 0.1) is 4.90 Å². The van der Waals surface area contributed by atoms with E-state index < -0.39 is 10.0 Å². The van der Waals surface area contributed by atoms with Gasteiger partial charge in [-0.1, -0.05) is 12.1 Å². The van der Waals surface area contributed by atoms with Gasteiger partial charge in [-0.3, -0.25) is 4.98 Å². The van der Waals surface area contributed by atoms with Crippen LogP contribution in [0.2, 0.25) is 0 Å². The van der Waals surface area contributed by atoms with Gasteiger partial charge in [-0.05, 0) is 25.5 Å². The number of aromatic nitrogens is 1. The topological polar surface area (TPSA) is 62.3 Å². The number of benzene rings is 1. The number of pyridine rings is 1. The van der Waals surface area contributed by atoms with Crippen LogP contribution in [0.15, 0.2) is 35.5 Å². The van der Waals surface area contributed by atoms with Crippen LogP contribution in [0.3, 0.4) is 0 Å². The quantitative estimate of drug-likeness (QED) is 0.907. The zero-order valence-corrected chi connectivity index (χ0v) is 14.2. The van der Waals surface area contributed by atoms with E-state index in [0.29, 0.717) is 24.5 Å². The highest BCUT2D eigenvalue weighted by atomic mass is 35.5. The predicted octanol–water partition coefficient (Wildman–Crippen LogP) is 1.95. The van der Waals surface area contributed by atoms with Crippen molar-refractivity contribution in [1.29, 1.82) is 0 Å². The second-order valence-electron chi connectivity index (χ2n) is 5.48. The zero-order valence-electron chi connectivity index (χ0n) is 12.6. The molecule has 0 saturated carbocycles. The Bertz CT molecular complexity index is 774. The number of rotatable bonds is 2. The average Bonchev–Trinajstić information content (AvgIpc) is 2.47. The molecular weight excluding hydrogens is 322 g/mol. The second-order valence-corrected chi connectivity index (χ2v) is 7.34. The van der Waals surface area contributed by atoms with Crippen LogP contribution in [-0.2, 0) is 10.0 Å². The maximum absolute atomic E-state index is 13.0. The standard InChI is InChI=1S/C15H19N3O2S.ClH/c1-11-8-17-10-13-4-3-5-14(15(11)13)21(19,20)18-7-6-16-9-12(18)2;/h3-5,8,10,12,16H,6-7,9H2,1-2H3;1H/t12-;/m0./s1. The van der Waals surface area contributed by atoms with Crippen LogP contribution in [0.25, 0.3) is 10.8 Å². The largest absolute Gasteiger partial charge is 0.314 e. The highest BCUT2D eigenvalue weighted by Gasteiger charge is 2.32. The lowest BCUT2D eigenvalue weighted by Crippen LogP contribution is -2.52. The van der Waals surface area contributed by atoms with E-state index in [2.05, 4.69) is 10.3 Å². The molecule has 2 heterocycles. The molecule has 3 rings (SSSR count). The van der Waals surface area contributed by atoms with Crippen molar-refractivity contribution in [3.63, 3.8) is 0 Å². The van der Waals surface area contributed by atoms with Crippen LogP contribution in [0, 0.1) is 6.92 Å². The maximum atomic E-state index is 13.0. The minimum atomic E-state index is -3.49. The van der Waals surface area contributed by atoms with Gasteiger partial charge in [-0.15, -0.1) is 12.4 Å². The number of nitrogens with zero attached hydrogens (tertiary/aromatic N) is 2. The summed E-state index contributed by atoms with van der Waals surface area (Å²) in [6.45, 7) is 5.71. The number of halogens is 1. The van der Waals surface area contributed by atoms with Gasteiger partial charge in [0.1, 0.15) is 0 Å². The molecule has 0 unspecified atom stereocenters.